The molecule has 0 atom stereocenters. The molecule has 104 valence electrons. The summed E-state index contributed by atoms with van der Waals surface area (Å²) in [4.78, 5) is 0. The molecule has 0 aromatic heterocycles. The summed E-state index contributed by atoms with van der Waals surface area (Å²) >= 11 is 0. The third-order valence-electron chi connectivity index (χ3n) is 4.14. The standard InChI is InChI=1S/C19H22O/c1-12(2)14-5-7-17-16(9-14)11-20-19-10-15(13(3)4)6-8-18(17)19/h5-10,12-13H,11H2,1-4H3. The molecule has 2 aromatic rings. The molecule has 20 heavy (non-hydrogen) atoms. The van der Waals surface area contributed by atoms with Gasteiger partial charge in [-0.25, -0.2) is 0 Å². The fourth-order valence-corrected chi connectivity index (χ4v) is 2.75. The summed E-state index contributed by atoms with van der Waals surface area (Å²) in [6, 6.07) is 13.4. The zero-order valence-electron chi connectivity index (χ0n) is 12.7. The van der Waals surface area contributed by atoms with Gasteiger partial charge in [-0.05, 0) is 40.2 Å². The van der Waals surface area contributed by atoms with Gasteiger partial charge in [0.2, 0.25) is 0 Å². The van der Waals surface area contributed by atoms with E-state index in [1.54, 1.807) is 0 Å². The Hall–Kier alpha value is -1.76. The van der Waals surface area contributed by atoms with Crippen molar-refractivity contribution < 1.29 is 4.74 Å². The van der Waals surface area contributed by atoms with E-state index in [9.17, 15) is 0 Å². The Morgan fingerprint density at radius 2 is 1.40 bits per heavy atom. The predicted molar refractivity (Wildman–Crippen MR) is 84.4 cm³/mol. The van der Waals surface area contributed by atoms with Crippen LogP contribution in [0.1, 0.15) is 56.2 Å². The number of ether oxygens (including phenoxy) is 1. The molecule has 0 fully saturated rings. The van der Waals surface area contributed by atoms with Gasteiger partial charge < -0.3 is 4.74 Å². The fraction of sp³-hybridized carbons (Fsp3) is 0.368. The van der Waals surface area contributed by atoms with E-state index in [-0.39, 0.29) is 0 Å². The van der Waals surface area contributed by atoms with Crippen LogP contribution in [0.4, 0.5) is 0 Å². The molecule has 1 nitrogen and oxygen atoms in total. The van der Waals surface area contributed by atoms with E-state index in [1.807, 2.05) is 0 Å². The topological polar surface area (TPSA) is 9.23 Å². The van der Waals surface area contributed by atoms with Crippen molar-refractivity contribution in [1.29, 1.82) is 0 Å². The van der Waals surface area contributed by atoms with Crippen LogP contribution in [0, 0.1) is 0 Å². The highest BCUT2D eigenvalue weighted by atomic mass is 16.5. The van der Waals surface area contributed by atoms with E-state index in [1.165, 1.54) is 27.8 Å². The van der Waals surface area contributed by atoms with E-state index >= 15 is 0 Å². The molecule has 0 bridgehead atoms. The van der Waals surface area contributed by atoms with Gasteiger partial charge in [-0.2, -0.15) is 0 Å². The van der Waals surface area contributed by atoms with Crippen LogP contribution in [0.5, 0.6) is 5.75 Å². The SMILES string of the molecule is CC(C)c1ccc2c(c1)COc1cc(C(C)C)ccc1-2. The molecule has 1 heterocycles. The van der Waals surface area contributed by atoms with Crippen LogP contribution in [-0.2, 0) is 6.61 Å². The number of rotatable bonds is 2. The van der Waals surface area contributed by atoms with Gasteiger partial charge in [0.1, 0.15) is 12.4 Å². The van der Waals surface area contributed by atoms with E-state index in [4.69, 9.17) is 4.74 Å². The number of fused-ring (bicyclic) bond motifs is 3. The second kappa shape index (κ2) is 4.97. The quantitative estimate of drug-likeness (QED) is 0.698. The third-order valence-corrected chi connectivity index (χ3v) is 4.14. The monoisotopic (exact) mass is 266 g/mol. The molecule has 0 amide bonds. The van der Waals surface area contributed by atoms with E-state index in [0.717, 1.165) is 5.75 Å². The van der Waals surface area contributed by atoms with Crippen LogP contribution in [-0.4, -0.2) is 0 Å². The van der Waals surface area contributed by atoms with Gasteiger partial charge >= 0.3 is 0 Å². The van der Waals surface area contributed by atoms with Gasteiger partial charge in [-0.15, -0.1) is 0 Å². The second-order valence-electron chi connectivity index (χ2n) is 6.27. The highest BCUT2D eigenvalue weighted by Crippen LogP contribution is 2.39. The maximum absolute atomic E-state index is 5.98. The molecule has 3 rings (SSSR count). The van der Waals surface area contributed by atoms with Crippen LogP contribution in [0.25, 0.3) is 11.1 Å². The molecule has 0 spiro atoms. The number of hydrogen-bond donors (Lipinski definition) is 0. The van der Waals surface area contributed by atoms with Gasteiger partial charge in [0, 0.05) is 5.56 Å². The molecular weight excluding hydrogens is 244 g/mol. The minimum Gasteiger partial charge on any atom is -0.488 e. The van der Waals surface area contributed by atoms with Gasteiger partial charge in [-0.1, -0.05) is 58.0 Å². The van der Waals surface area contributed by atoms with Crippen molar-refractivity contribution in [3.8, 4) is 16.9 Å². The van der Waals surface area contributed by atoms with Gasteiger partial charge in [0.15, 0.2) is 0 Å². The Morgan fingerprint density at radius 3 is 2.05 bits per heavy atom. The van der Waals surface area contributed by atoms with Gasteiger partial charge in [-0.3, -0.25) is 0 Å². The van der Waals surface area contributed by atoms with E-state index in [2.05, 4.69) is 64.1 Å². The highest BCUT2D eigenvalue weighted by Gasteiger charge is 2.18. The molecule has 0 N–H and O–H groups in total. The van der Waals surface area contributed by atoms with Crippen molar-refractivity contribution in [3.05, 3.63) is 53.1 Å². The normalized spacial score (nSPS) is 13.1. The molecule has 1 aliphatic heterocycles. The third kappa shape index (κ3) is 2.22. The van der Waals surface area contributed by atoms with Crippen molar-refractivity contribution in [2.45, 2.75) is 46.1 Å². The van der Waals surface area contributed by atoms with Crippen LogP contribution in [0.2, 0.25) is 0 Å². The Bertz CT molecular complexity index is 581. The van der Waals surface area contributed by atoms with Crippen LogP contribution < -0.4 is 4.74 Å². The molecule has 2 aromatic carbocycles. The maximum atomic E-state index is 5.98. The van der Waals surface area contributed by atoms with Crippen LogP contribution >= 0.6 is 0 Å². The predicted octanol–water partition coefficient (Wildman–Crippen LogP) is 5.49. The first kappa shape index (κ1) is 13.2. The summed E-state index contributed by atoms with van der Waals surface area (Å²) in [5.41, 5.74) is 6.58. The minimum atomic E-state index is 0.536. The summed E-state index contributed by atoms with van der Waals surface area (Å²) in [7, 11) is 0. The largest absolute Gasteiger partial charge is 0.488 e. The van der Waals surface area contributed by atoms with Gasteiger partial charge in [0.05, 0.1) is 0 Å². The number of benzene rings is 2. The first-order valence-electron chi connectivity index (χ1n) is 7.46. The Morgan fingerprint density at radius 1 is 0.800 bits per heavy atom. The average molecular weight is 266 g/mol. The summed E-state index contributed by atoms with van der Waals surface area (Å²) < 4.78 is 5.98. The zero-order valence-corrected chi connectivity index (χ0v) is 12.7. The lowest BCUT2D eigenvalue weighted by molar-refractivity contribution is 0.301. The molecular formula is C19H22O. The Labute approximate surface area is 121 Å². The lowest BCUT2D eigenvalue weighted by Gasteiger charge is -2.23. The molecule has 1 heteroatoms. The average Bonchev–Trinajstić information content (AvgIpc) is 2.45. The molecule has 1 aliphatic rings. The summed E-state index contributed by atoms with van der Waals surface area (Å²) in [5, 5.41) is 0. The zero-order chi connectivity index (χ0) is 14.3. The highest BCUT2D eigenvalue weighted by molar-refractivity contribution is 5.75. The lowest BCUT2D eigenvalue weighted by Crippen LogP contribution is -2.07. The van der Waals surface area contributed by atoms with E-state index < -0.39 is 0 Å². The second-order valence-corrected chi connectivity index (χ2v) is 6.27. The van der Waals surface area contributed by atoms with Crippen molar-refractivity contribution in [2.24, 2.45) is 0 Å². The first-order chi connectivity index (χ1) is 9.56. The van der Waals surface area contributed by atoms with Gasteiger partial charge in [0.25, 0.3) is 0 Å². The fourth-order valence-electron chi connectivity index (χ4n) is 2.75. The van der Waals surface area contributed by atoms with Crippen molar-refractivity contribution in [1.82, 2.24) is 0 Å². The minimum absolute atomic E-state index is 0.536. The lowest BCUT2D eigenvalue weighted by atomic mass is 9.90. The van der Waals surface area contributed by atoms with Crippen molar-refractivity contribution in [3.63, 3.8) is 0 Å². The Balaban J connectivity index is 2.07. The Kier molecular flexibility index (Phi) is 3.29. The van der Waals surface area contributed by atoms with E-state index in [0.29, 0.717) is 18.4 Å². The number of hydrogen-bond acceptors (Lipinski definition) is 1. The van der Waals surface area contributed by atoms with Crippen LogP contribution in [0.3, 0.4) is 0 Å². The molecule has 0 saturated carbocycles. The van der Waals surface area contributed by atoms with Crippen molar-refractivity contribution >= 4 is 0 Å². The van der Waals surface area contributed by atoms with Crippen LogP contribution in [0.15, 0.2) is 36.4 Å². The molecule has 0 radical (unpaired) electrons. The smallest absolute Gasteiger partial charge is 0.127 e. The molecule has 0 unspecified atom stereocenters. The molecule has 0 aliphatic carbocycles. The maximum Gasteiger partial charge on any atom is 0.127 e. The summed E-state index contributed by atoms with van der Waals surface area (Å²) in [6.07, 6.45) is 0. The molecule has 0 saturated heterocycles. The van der Waals surface area contributed by atoms with Crippen molar-refractivity contribution in [2.75, 3.05) is 0 Å². The summed E-state index contributed by atoms with van der Waals surface area (Å²) in [6.45, 7) is 9.58. The first-order valence-corrected chi connectivity index (χ1v) is 7.46. The summed E-state index contributed by atoms with van der Waals surface area (Å²) in [5.74, 6) is 2.12.